The molecule has 0 saturated heterocycles. The van der Waals surface area contributed by atoms with Crippen LogP contribution in [0.15, 0.2) is 53.5 Å². The lowest BCUT2D eigenvalue weighted by Crippen LogP contribution is -1.92. The average Bonchev–Trinajstić information content (AvgIpc) is 2.52. The highest BCUT2D eigenvalue weighted by Gasteiger charge is 2.03. The van der Waals surface area contributed by atoms with E-state index < -0.39 is 4.92 Å². The highest BCUT2D eigenvalue weighted by Crippen LogP contribution is 2.12. The van der Waals surface area contributed by atoms with Crippen LogP contribution in [0.1, 0.15) is 11.1 Å². The van der Waals surface area contributed by atoms with E-state index in [0.717, 1.165) is 23.3 Å². The van der Waals surface area contributed by atoms with Gasteiger partial charge in [-0.3, -0.25) is 15.1 Å². The van der Waals surface area contributed by atoms with E-state index in [4.69, 9.17) is 4.74 Å². The topological polar surface area (TPSA) is 64.7 Å². The summed E-state index contributed by atoms with van der Waals surface area (Å²) in [6, 6.07) is 14.2. The Hall–Kier alpha value is -2.69. The summed E-state index contributed by atoms with van der Waals surface area (Å²) in [6.07, 6.45) is 2.56. The Morgan fingerprint density at radius 3 is 2.38 bits per heavy atom. The van der Waals surface area contributed by atoms with Crippen LogP contribution in [-0.2, 0) is 6.42 Å². The van der Waals surface area contributed by atoms with Crippen molar-refractivity contribution in [2.75, 3.05) is 13.7 Å². The van der Waals surface area contributed by atoms with Gasteiger partial charge >= 0.3 is 0 Å². The quantitative estimate of drug-likeness (QED) is 0.464. The van der Waals surface area contributed by atoms with Crippen molar-refractivity contribution >= 4 is 11.9 Å². The van der Waals surface area contributed by atoms with Gasteiger partial charge in [0, 0.05) is 24.9 Å². The molecule has 108 valence electrons. The van der Waals surface area contributed by atoms with Crippen LogP contribution >= 0.6 is 0 Å². The third-order valence-corrected chi connectivity index (χ3v) is 3.03. The summed E-state index contributed by atoms with van der Waals surface area (Å²) < 4.78 is 5.09. The number of hydrogen-bond acceptors (Lipinski definition) is 4. The second kappa shape index (κ2) is 7.19. The zero-order valence-electron chi connectivity index (χ0n) is 11.7. The van der Waals surface area contributed by atoms with E-state index >= 15 is 0 Å². The molecular formula is C16H16N2O3. The molecule has 0 N–H and O–H groups in total. The smallest absolute Gasteiger partial charge is 0.269 e. The number of nitro benzene ring substituents is 1. The van der Waals surface area contributed by atoms with Crippen molar-refractivity contribution in [2.45, 2.75) is 6.42 Å². The van der Waals surface area contributed by atoms with Crippen LogP contribution in [0.25, 0.3) is 0 Å². The van der Waals surface area contributed by atoms with Gasteiger partial charge in [-0.25, -0.2) is 0 Å². The summed E-state index contributed by atoms with van der Waals surface area (Å²) in [5, 5.41) is 10.5. The van der Waals surface area contributed by atoms with Crippen LogP contribution in [0.2, 0.25) is 0 Å². The standard InChI is InChI=1S/C16H16N2O3/c1-21-16-8-4-14(5-9-16)12-17-11-10-13-2-6-15(7-3-13)18(19)20/h2-9,12H,10-11H2,1H3. The fourth-order valence-electron chi connectivity index (χ4n) is 1.84. The molecule has 0 spiro atoms. The second-order valence-corrected chi connectivity index (χ2v) is 4.48. The molecule has 5 nitrogen and oxygen atoms in total. The minimum absolute atomic E-state index is 0.112. The maximum Gasteiger partial charge on any atom is 0.269 e. The molecule has 0 atom stereocenters. The van der Waals surface area contributed by atoms with Crippen LogP contribution in [0.4, 0.5) is 5.69 Å². The summed E-state index contributed by atoms with van der Waals surface area (Å²) in [7, 11) is 1.63. The van der Waals surface area contributed by atoms with Crippen LogP contribution in [0.3, 0.4) is 0 Å². The van der Waals surface area contributed by atoms with E-state index in [1.54, 1.807) is 19.2 Å². The number of hydrogen-bond donors (Lipinski definition) is 0. The maximum atomic E-state index is 10.5. The highest BCUT2D eigenvalue weighted by atomic mass is 16.6. The number of nitro groups is 1. The zero-order chi connectivity index (χ0) is 15.1. The first-order valence-corrected chi connectivity index (χ1v) is 6.56. The van der Waals surface area contributed by atoms with Crippen molar-refractivity contribution in [1.82, 2.24) is 0 Å². The molecule has 0 aliphatic heterocycles. The molecule has 0 saturated carbocycles. The Morgan fingerprint density at radius 2 is 1.81 bits per heavy atom. The lowest BCUT2D eigenvalue weighted by Gasteiger charge is -1.99. The molecular weight excluding hydrogens is 268 g/mol. The number of nitrogens with zero attached hydrogens (tertiary/aromatic N) is 2. The van der Waals surface area contributed by atoms with Gasteiger partial charge in [0.25, 0.3) is 5.69 Å². The van der Waals surface area contributed by atoms with Crippen molar-refractivity contribution in [2.24, 2.45) is 4.99 Å². The Labute approximate surface area is 123 Å². The van der Waals surface area contributed by atoms with Gasteiger partial charge in [0.05, 0.1) is 12.0 Å². The van der Waals surface area contributed by atoms with Crippen molar-refractivity contribution < 1.29 is 9.66 Å². The first-order chi connectivity index (χ1) is 10.2. The summed E-state index contributed by atoms with van der Waals surface area (Å²) in [5.41, 5.74) is 2.16. The lowest BCUT2D eigenvalue weighted by atomic mass is 10.1. The van der Waals surface area contributed by atoms with Crippen LogP contribution in [-0.4, -0.2) is 24.8 Å². The van der Waals surface area contributed by atoms with Crippen molar-refractivity contribution in [3.8, 4) is 5.75 Å². The summed E-state index contributed by atoms with van der Waals surface area (Å²) in [5.74, 6) is 0.818. The van der Waals surface area contributed by atoms with Crippen LogP contribution in [0, 0.1) is 10.1 Å². The first kappa shape index (κ1) is 14.7. The molecule has 2 aromatic rings. The Bertz CT molecular complexity index is 619. The number of ether oxygens (including phenoxy) is 1. The highest BCUT2D eigenvalue weighted by molar-refractivity contribution is 5.79. The molecule has 0 amide bonds. The van der Waals surface area contributed by atoms with E-state index in [-0.39, 0.29) is 5.69 Å². The third kappa shape index (κ3) is 4.42. The lowest BCUT2D eigenvalue weighted by molar-refractivity contribution is -0.384. The number of rotatable bonds is 6. The number of methoxy groups -OCH3 is 1. The fourth-order valence-corrected chi connectivity index (χ4v) is 1.84. The van der Waals surface area contributed by atoms with Gasteiger partial charge in [0.15, 0.2) is 0 Å². The molecule has 0 bridgehead atoms. The molecule has 21 heavy (non-hydrogen) atoms. The average molecular weight is 284 g/mol. The number of benzene rings is 2. The van der Waals surface area contributed by atoms with Gasteiger partial charge in [-0.05, 0) is 41.8 Å². The monoisotopic (exact) mass is 284 g/mol. The van der Waals surface area contributed by atoms with E-state index in [1.807, 2.05) is 30.5 Å². The number of aliphatic imine (C=N–C) groups is 1. The van der Waals surface area contributed by atoms with Crippen molar-refractivity contribution in [3.05, 3.63) is 69.8 Å². The summed E-state index contributed by atoms with van der Waals surface area (Å²) in [6.45, 7) is 0.643. The molecule has 0 heterocycles. The molecule has 0 radical (unpaired) electrons. The van der Waals surface area contributed by atoms with Crippen LogP contribution < -0.4 is 4.74 Å². The van der Waals surface area contributed by atoms with Gasteiger partial charge < -0.3 is 4.74 Å². The molecule has 0 fully saturated rings. The summed E-state index contributed by atoms with van der Waals surface area (Å²) >= 11 is 0. The largest absolute Gasteiger partial charge is 0.497 e. The minimum Gasteiger partial charge on any atom is -0.497 e. The van der Waals surface area contributed by atoms with Gasteiger partial charge in [0.2, 0.25) is 0 Å². The minimum atomic E-state index is -0.397. The van der Waals surface area contributed by atoms with Gasteiger partial charge in [-0.2, -0.15) is 0 Å². The van der Waals surface area contributed by atoms with E-state index in [9.17, 15) is 10.1 Å². The van der Waals surface area contributed by atoms with Gasteiger partial charge in [-0.15, -0.1) is 0 Å². The van der Waals surface area contributed by atoms with Gasteiger partial charge in [0.1, 0.15) is 5.75 Å². The predicted octanol–water partition coefficient (Wildman–Crippen LogP) is 3.27. The van der Waals surface area contributed by atoms with E-state index in [2.05, 4.69) is 4.99 Å². The number of non-ortho nitro benzene ring substituents is 1. The molecule has 2 aromatic carbocycles. The van der Waals surface area contributed by atoms with E-state index in [1.165, 1.54) is 12.1 Å². The second-order valence-electron chi connectivity index (χ2n) is 4.48. The predicted molar refractivity (Wildman–Crippen MR) is 82.3 cm³/mol. The molecule has 0 aliphatic rings. The molecule has 0 unspecified atom stereocenters. The maximum absolute atomic E-state index is 10.5. The molecule has 0 aliphatic carbocycles. The summed E-state index contributed by atoms with van der Waals surface area (Å²) in [4.78, 5) is 14.5. The molecule has 0 aromatic heterocycles. The zero-order valence-corrected chi connectivity index (χ0v) is 11.7. The Kier molecular flexibility index (Phi) is 5.04. The SMILES string of the molecule is COc1ccc(C=NCCc2ccc([N+](=O)[O-])cc2)cc1. The Balaban J connectivity index is 1.85. The van der Waals surface area contributed by atoms with Gasteiger partial charge in [-0.1, -0.05) is 12.1 Å². The molecule has 5 heteroatoms. The normalized spacial score (nSPS) is 10.7. The first-order valence-electron chi connectivity index (χ1n) is 6.56. The molecule has 2 rings (SSSR count). The third-order valence-electron chi connectivity index (χ3n) is 3.03. The van der Waals surface area contributed by atoms with Crippen molar-refractivity contribution in [3.63, 3.8) is 0 Å². The fraction of sp³-hybridized carbons (Fsp3) is 0.188. The van der Waals surface area contributed by atoms with Crippen molar-refractivity contribution in [1.29, 1.82) is 0 Å². The van der Waals surface area contributed by atoms with E-state index in [0.29, 0.717) is 6.54 Å². The Morgan fingerprint density at radius 1 is 1.14 bits per heavy atom. The van der Waals surface area contributed by atoms with Crippen LogP contribution in [0.5, 0.6) is 5.75 Å².